The summed E-state index contributed by atoms with van der Waals surface area (Å²) >= 11 is 1.00. The number of rotatable bonds is 7. The molecule has 0 unspecified atom stereocenters. The summed E-state index contributed by atoms with van der Waals surface area (Å²) in [4.78, 5) is 41.2. The van der Waals surface area contributed by atoms with Crippen LogP contribution in [0, 0.1) is 6.92 Å². The SMILES string of the molecule is CCOC(=O)c1c(NC(=O)CN2CCN(c3ccccc3)CC2)sc(C(N)=O)c1C. The lowest BCUT2D eigenvalue weighted by Crippen LogP contribution is -2.48. The fourth-order valence-electron chi connectivity index (χ4n) is 3.46. The van der Waals surface area contributed by atoms with Crippen LogP contribution in [0.25, 0.3) is 0 Å². The number of benzene rings is 1. The van der Waals surface area contributed by atoms with Crippen molar-refractivity contribution >= 4 is 39.8 Å². The maximum absolute atomic E-state index is 12.6. The molecule has 0 spiro atoms. The molecule has 2 aromatic rings. The van der Waals surface area contributed by atoms with Crippen molar-refractivity contribution in [3.8, 4) is 0 Å². The topological polar surface area (TPSA) is 105 Å². The maximum Gasteiger partial charge on any atom is 0.341 e. The first-order valence-corrected chi connectivity index (χ1v) is 10.6. The normalized spacial score (nSPS) is 14.4. The third kappa shape index (κ3) is 4.98. The van der Waals surface area contributed by atoms with Gasteiger partial charge in [-0.05, 0) is 31.5 Å². The van der Waals surface area contributed by atoms with E-state index >= 15 is 0 Å². The smallest absolute Gasteiger partial charge is 0.341 e. The summed E-state index contributed by atoms with van der Waals surface area (Å²) in [6.45, 7) is 6.88. The van der Waals surface area contributed by atoms with E-state index in [0.29, 0.717) is 10.6 Å². The minimum Gasteiger partial charge on any atom is -0.462 e. The summed E-state index contributed by atoms with van der Waals surface area (Å²) in [6, 6.07) is 10.2. The van der Waals surface area contributed by atoms with E-state index in [1.165, 1.54) is 5.69 Å². The number of primary amides is 1. The van der Waals surface area contributed by atoms with Crippen molar-refractivity contribution in [1.29, 1.82) is 0 Å². The molecule has 1 aromatic carbocycles. The number of ether oxygens (including phenoxy) is 1. The molecule has 1 aliphatic rings. The summed E-state index contributed by atoms with van der Waals surface area (Å²) in [5.41, 5.74) is 7.20. The van der Waals surface area contributed by atoms with Crippen molar-refractivity contribution in [3.05, 3.63) is 46.3 Å². The summed E-state index contributed by atoms with van der Waals surface area (Å²) in [5.74, 6) is -1.46. The zero-order chi connectivity index (χ0) is 21.7. The Morgan fingerprint density at radius 3 is 2.40 bits per heavy atom. The molecule has 2 amide bonds. The molecule has 160 valence electrons. The van der Waals surface area contributed by atoms with Gasteiger partial charge in [-0.2, -0.15) is 0 Å². The molecule has 1 aliphatic heterocycles. The Kier molecular flexibility index (Phi) is 7.07. The fourth-order valence-corrected chi connectivity index (χ4v) is 4.52. The molecule has 1 aromatic heterocycles. The number of nitrogens with one attached hydrogen (secondary N) is 1. The van der Waals surface area contributed by atoms with Crippen LogP contribution in [0.4, 0.5) is 10.7 Å². The zero-order valence-corrected chi connectivity index (χ0v) is 18.0. The van der Waals surface area contributed by atoms with E-state index in [-0.39, 0.29) is 29.5 Å². The van der Waals surface area contributed by atoms with Crippen molar-refractivity contribution in [3.63, 3.8) is 0 Å². The predicted molar refractivity (Wildman–Crippen MR) is 117 cm³/mol. The average molecular weight is 431 g/mol. The van der Waals surface area contributed by atoms with Crippen molar-refractivity contribution in [2.24, 2.45) is 5.73 Å². The first-order valence-electron chi connectivity index (χ1n) is 9.83. The molecular formula is C21H26N4O4S. The van der Waals surface area contributed by atoms with Gasteiger partial charge in [0.15, 0.2) is 0 Å². The Morgan fingerprint density at radius 2 is 1.80 bits per heavy atom. The number of piperazine rings is 1. The number of amides is 2. The molecule has 1 fully saturated rings. The number of anilines is 2. The van der Waals surface area contributed by atoms with Gasteiger partial charge in [0.05, 0.1) is 23.6 Å². The Bertz CT molecular complexity index is 921. The lowest BCUT2D eigenvalue weighted by molar-refractivity contribution is -0.117. The molecule has 2 heterocycles. The first-order chi connectivity index (χ1) is 14.4. The van der Waals surface area contributed by atoms with E-state index < -0.39 is 11.9 Å². The van der Waals surface area contributed by atoms with Crippen molar-refractivity contribution in [1.82, 2.24) is 4.90 Å². The summed E-state index contributed by atoms with van der Waals surface area (Å²) in [5, 5.41) is 3.07. The van der Waals surface area contributed by atoms with Gasteiger partial charge in [0, 0.05) is 31.9 Å². The van der Waals surface area contributed by atoms with Gasteiger partial charge in [-0.15, -0.1) is 11.3 Å². The minimum atomic E-state index is -0.638. The Morgan fingerprint density at radius 1 is 1.13 bits per heavy atom. The van der Waals surface area contributed by atoms with Crippen LogP contribution < -0.4 is 16.0 Å². The number of esters is 1. The van der Waals surface area contributed by atoms with Crippen LogP contribution in [0.15, 0.2) is 30.3 Å². The molecule has 0 saturated carbocycles. The summed E-state index contributed by atoms with van der Waals surface area (Å²) in [6.07, 6.45) is 0. The molecule has 0 aliphatic carbocycles. The lowest BCUT2D eigenvalue weighted by Gasteiger charge is -2.35. The van der Waals surface area contributed by atoms with Crippen molar-refractivity contribution in [2.45, 2.75) is 13.8 Å². The number of hydrogen-bond donors (Lipinski definition) is 2. The highest BCUT2D eigenvalue weighted by atomic mass is 32.1. The second kappa shape index (κ2) is 9.73. The molecule has 0 radical (unpaired) electrons. The van der Waals surface area contributed by atoms with Gasteiger partial charge in [-0.25, -0.2) is 4.79 Å². The first kappa shape index (κ1) is 21.8. The van der Waals surface area contributed by atoms with Crippen LogP contribution in [0.1, 0.15) is 32.5 Å². The fraction of sp³-hybridized carbons (Fsp3) is 0.381. The average Bonchev–Trinajstić information content (AvgIpc) is 3.05. The van der Waals surface area contributed by atoms with Crippen LogP contribution in [-0.4, -0.2) is 62.0 Å². The van der Waals surface area contributed by atoms with E-state index in [1.807, 2.05) is 18.2 Å². The minimum absolute atomic E-state index is 0.192. The number of para-hydroxylation sites is 1. The van der Waals surface area contributed by atoms with E-state index in [1.54, 1.807) is 13.8 Å². The number of hydrogen-bond acceptors (Lipinski definition) is 7. The van der Waals surface area contributed by atoms with Crippen LogP contribution in [0.3, 0.4) is 0 Å². The number of nitrogens with zero attached hydrogens (tertiary/aromatic N) is 2. The molecule has 30 heavy (non-hydrogen) atoms. The number of thiophene rings is 1. The molecule has 8 nitrogen and oxygen atoms in total. The number of carbonyl (C=O) groups is 3. The van der Waals surface area contributed by atoms with Crippen LogP contribution in [-0.2, 0) is 9.53 Å². The van der Waals surface area contributed by atoms with Crippen LogP contribution in [0.5, 0.6) is 0 Å². The third-order valence-electron chi connectivity index (χ3n) is 4.96. The van der Waals surface area contributed by atoms with Gasteiger partial charge >= 0.3 is 5.97 Å². The van der Waals surface area contributed by atoms with E-state index in [4.69, 9.17) is 10.5 Å². The molecule has 1 saturated heterocycles. The Balaban J connectivity index is 1.63. The van der Waals surface area contributed by atoms with Crippen molar-refractivity contribution in [2.75, 3.05) is 49.5 Å². The zero-order valence-electron chi connectivity index (χ0n) is 17.1. The highest BCUT2D eigenvalue weighted by Gasteiger charge is 2.26. The highest BCUT2D eigenvalue weighted by molar-refractivity contribution is 7.18. The van der Waals surface area contributed by atoms with Crippen LogP contribution in [0.2, 0.25) is 0 Å². The van der Waals surface area contributed by atoms with Gasteiger partial charge in [-0.3, -0.25) is 14.5 Å². The quantitative estimate of drug-likeness (QED) is 0.652. The van der Waals surface area contributed by atoms with E-state index in [9.17, 15) is 14.4 Å². The third-order valence-corrected chi connectivity index (χ3v) is 6.19. The summed E-state index contributed by atoms with van der Waals surface area (Å²) in [7, 11) is 0. The van der Waals surface area contributed by atoms with E-state index in [0.717, 1.165) is 37.5 Å². The Labute approximate surface area is 179 Å². The van der Waals surface area contributed by atoms with E-state index in [2.05, 4.69) is 27.2 Å². The number of nitrogens with two attached hydrogens (primary N) is 1. The molecule has 0 atom stereocenters. The van der Waals surface area contributed by atoms with Gasteiger partial charge < -0.3 is 20.7 Å². The van der Waals surface area contributed by atoms with Crippen molar-refractivity contribution < 1.29 is 19.1 Å². The number of carbonyl (C=O) groups excluding carboxylic acids is 3. The second-order valence-corrected chi connectivity index (χ2v) is 8.01. The molecular weight excluding hydrogens is 404 g/mol. The molecule has 3 N–H and O–H groups in total. The van der Waals surface area contributed by atoms with Gasteiger partial charge in [0.1, 0.15) is 5.00 Å². The maximum atomic E-state index is 12.6. The monoisotopic (exact) mass is 430 g/mol. The molecule has 3 rings (SSSR count). The van der Waals surface area contributed by atoms with Gasteiger partial charge in [0.2, 0.25) is 5.91 Å². The van der Waals surface area contributed by atoms with Gasteiger partial charge in [-0.1, -0.05) is 18.2 Å². The standard InChI is InChI=1S/C21H26N4O4S/c1-3-29-21(28)17-14(2)18(19(22)27)30-20(17)23-16(26)13-24-9-11-25(12-10-24)15-7-5-4-6-8-15/h4-8H,3,9-13H2,1-2H3,(H2,22,27)(H,23,26). The van der Waals surface area contributed by atoms with Gasteiger partial charge in [0.25, 0.3) is 5.91 Å². The molecule has 9 heteroatoms. The molecule has 0 bridgehead atoms. The summed E-state index contributed by atoms with van der Waals surface area (Å²) < 4.78 is 5.08. The lowest BCUT2D eigenvalue weighted by atomic mass is 10.1. The van der Waals surface area contributed by atoms with Crippen LogP contribution >= 0.6 is 11.3 Å². The second-order valence-electron chi connectivity index (χ2n) is 6.99. The predicted octanol–water partition coefficient (Wildman–Crippen LogP) is 2.09. The largest absolute Gasteiger partial charge is 0.462 e. The highest BCUT2D eigenvalue weighted by Crippen LogP contribution is 2.33. The Hall–Kier alpha value is -2.91.